The third kappa shape index (κ3) is 6.94. The standard InChI is InChI=1S/C24H24FNO10S2/c1-11(27)32-10-17-19(33-12(2)28)20(34-13(3)29)21(35-14(4)30)23(36-17)26-22(31)18(38-24(26)37)9-15-7-5-6-8-16(15)25/h5-9,17,19-21,23H,10H2,1-4H3/b18-9+/t17-,19+,20-,21-,23+/m0/s1. The average Bonchev–Trinajstić information content (AvgIpc) is 3.08. The number of carbonyl (C=O) groups is 5. The van der Waals surface area contributed by atoms with Crippen molar-refractivity contribution >= 4 is 64.2 Å². The second-order valence-electron chi connectivity index (χ2n) is 8.16. The maximum atomic E-state index is 14.2. The lowest BCUT2D eigenvalue weighted by Gasteiger charge is -2.46. The molecular formula is C24H24FNO10S2. The van der Waals surface area contributed by atoms with Crippen molar-refractivity contribution in [3.63, 3.8) is 0 Å². The SMILES string of the molecule is CC(=O)OC[C@@H]1O[C@@H](N2C(=O)/C(=C\c3ccccc3F)SC2=S)[C@@H](OC(C)=O)[C@@H](OC(C)=O)[C@@H]1OC(C)=O. The van der Waals surface area contributed by atoms with Crippen LogP contribution >= 0.6 is 24.0 Å². The highest BCUT2D eigenvalue weighted by molar-refractivity contribution is 8.26. The van der Waals surface area contributed by atoms with Crippen molar-refractivity contribution in [3.05, 3.63) is 40.6 Å². The first-order valence-electron chi connectivity index (χ1n) is 11.2. The van der Waals surface area contributed by atoms with Crippen molar-refractivity contribution in [2.24, 2.45) is 0 Å². The molecule has 38 heavy (non-hydrogen) atoms. The van der Waals surface area contributed by atoms with Gasteiger partial charge in [0.25, 0.3) is 5.91 Å². The van der Waals surface area contributed by atoms with Crippen molar-refractivity contribution in [2.45, 2.75) is 58.3 Å². The summed E-state index contributed by atoms with van der Waals surface area (Å²) < 4.78 is 41.3. The highest BCUT2D eigenvalue weighted by atomic mass is 32.2. The second-order valence-corrected chi connectivity index (χ2v) is 9.84. The number of esters is 4. The van der Waals surface area contributed by atoms with E-state index in [0.717, 1.165) is 44.4 Å². The summed E-state index contributed by atoms with van der Waals surface area (Å²) in [7, 11) is 0. The van der Waals surface area contributed by atoms with Crippen LogP contribution in [0.25, 0.3) is 6.08 Å². The summed E-state index contributed by atoms with van der Waals surface area (Å²) in [6, 6.07) is 5.78. The largest absolute Gasteiger partial charge is 0.463 e. The molecule has 1 aromatic carbocycles. The predicted octanol–water partition coefficient (Wildman–Crippen LogP) is 2.11. The summed E-state index contributed by atoms with van der Waals surface area (Å²) >= 11 is 6.25. The summed E-state index contributed by atoms with van der Waals surface area (Å²) in [5.74, 6) is -4.39. The van der Waals surface area contributed by atoms with E-state index in [1.807, 2.05) is 0 Å². The molecule has 0 aromatic heterocycles. The van der Waals surface area contributed by atoms with E-state index < -0.39 is 72.9 Å². The summed E-state index contributed by atoms with van der Waals surface area (Å²) in [6.45, 7) is 3.93. The summed E-state index contributed by atoms with van der Waals surface area (Å²) in [4.78, 5) is 61.9. The minimum absolute atomic E-state index is 0.0292. The fraction of sp³-hybridized carbons (Fsp3) is 0.417. The van der Waals surface area contributed by atoms with Gasteiger partial charge in [0.2, 0.25) is 0 Å². The Morgan fingerprint density at radius 3 is 2.13 bits per heavy atom. The molecule has 0 radical (unpaired) electrons. The van der Waals surface area contributed by atoms with Gasteiger partial charge >= 0.3 is 23.9 Å². The molecule has 2 aliphatic rings. The molecule has 0 bridgehead atoms. The van der Waals surface area contributed by atoms with Crippen molar-refractivity contribution in [2.75, 3.05) is 6.61 Å². The van der Waals surface area contributed by atoms with Gasteiger partial charge in [-0.15, -0.1) is 0 Å². The minimum atomic E-state index is -1.51. The number of hydrogen-bond acceptors (Lipinski definition) is 12. The van der Waals surface area contributed by atoms with Crippen LogP contribution in [0.5, 0.6) is 0 Å². The number of carbonyl (C=O) groups excluding carboxylic acids is 5. The third-order valence-corrected chi connectivity index (χ3v) is 6.57. The Labute approximate surface area is 226 Å². The second kappa shape index (κ2) is 12.5. The molecule has 14 heteroatoms. The molecule has 2 aliphatic heterocycles. The Balaban J connectivity index is 2.06. The van der Waals surface area contributed by atoms with Gasteiger partial charge in [0.05, 0.1) is 4.91 Å². The van der Waals surface area contributed by atoms with E-state index in [0.29, 0.717) is 0 Å². The molecule has 0 spiro atoms. The zero-order chi connectivity index (χ0) is 28.1. The third-order valence-electron chi connectivity index (χ3n) is 5.24. The quantitative estimate of drug-likeness (QED) is 0.206. The molecule has 0 aliphatic carbocycles. The molecule has 2 heterocycles. The van der Waals surface area contributed by atoms with Crippen molar-refractivity contribution in [1.29, 1.82) is 0 Å². The van der Waals surface area contributed by atoms with Gasteiger partial charge in [-0.2, -0.15) is 0 Å². The van der Waals surface area contributed by atoms with E-state index in [-0.39, 0.29) is 14.8 Å². The van der Waals surface area contributed by atoms with Gasteiger partial charge in [-0.3, -0.25) is 28.9 Å². The Kier molecular flexibility index (Phi) is 9.57. The molecule has 3 rings (SSSR count). The Hall–Kier alpha value is -3.36. The first kappa shape index (κ1) is 29.2. The number of thioether (sulfide) groups is 1. The number of nitrogens with zero attached hydrogens (tertiary/aromatic N) is 1. The minimum Gasteiger partial charge on any atom is -0.463 e. The van der Waals surface area contributed by atoms with Gasteiger partial charge in [0.15, 0.2) is 28.9 Å². The van der Waals surface area contributed by atoms with Crippen LogP contribution in [0.1, 0.15) is 33.3 Å². The number of benzene rings is 1. The summed E-state index contributed by atoms with van der Waals surface area (Å²) in [5, 5.41) is 0. The summed E-state index contributed by atoms with van der Waals surface area (Å²) in [6.07, 6.45) is -5.81. The number of hydrogen-bond donors (Lipinski definition) is 0. The molecule has 1 aromatic rings. The molecule has 1 amide bonds. The van der Waals surface area contributed by atoms with Gasteiger partial charge in [0, 0.05) is 33.3 Å². The van der Waals surface area contributed by atoms with Crippen molar-refractivity contribution in [1.82, 2.24) is 4.90 Å². The average molecular weight is 570 g/mol. The zero-order valence-electron chi connectivity index (χ0n) is 20.7. The summed E-state index contributed by atoms with van der Waals surface area (Å²) in [5.41, 5.74) is 0.134. The first-order chi connectivity index (χ1) is 17.9. The van der Waals surface area contributed by atoms with Crippen LogP contribution in [0.15, 0.2) is 29.2 Å². The molecule has 11 nitrogen and oxygen atoms in total. The van der Waals surface area contributed by atoms with Crippen molar-refractivity contribution in [3.8, 4) is 0 Å². The molecule has 2 fully saturated rings. The van der Waals surface area contributed by atoms with E-state index >= 15 is 0 Å². The Morgan fingerprint density at radius 2 is 1.55 bits per heavy atom. The monoisotopic (exact) mass is 569 g/mol. The molecule has 2 saturated heterocycles. The van der Waals surface area contributed by atoms with E-state index in [4.69, 9.17) is 35.9 Å². The molecule has 0 N–H and O–H groups in total. The van der Waals surface area contributed by atoms with Gasteiger partial charge in [-0.25, -0.2) is 4.39 Å². The topological polar surface area (TPSA) is 135 Å². The zero-order valence-corrected chi connectivity index (χ0v) is 22.3. The lowest BCUT2D eigenvalue weighted by atomic mass is 9.96. The number of halogens is 1. The Morgan fingerprint density at radius 1 is 0.974 bits per heavy atom. The molecule has 0 unspecified atom stereocenters. The lowest BCUT2D eigenvalue weighted by molar-refractivity contribution is -0.268. The predicted molar refractivity (Wildman–Crippen MR) is 133 cm³/mol. The molecular weight excluding hydrogens is 545 g/mol. The number of ether oxygens (including phenoxy) is 5. The van der Waals surface area contributed by atoms with Crippen LogP contribution in [0.4, 0.5) is 4.39 Å². The smallest absolute Gasteiger partial charge is 0.303 e. The molecule has 204 valence electrons. The highest BCUT2D eigenvalue weighted by Gasteiger charge is 2.56. The van der Waals surface area contributed by atoms with E-state index in [9.17, 15) is 28.4 Å². The van der Waals surface area contributed by atoms with Crippen LogP contribution < -0.4 is 0 Å². The molecule has 5 atom stereocenters. The van der Waals surface area contributed by atoms with E-state index in [1.54, 1.807) is 6.07 Å². The van der Waals surface area contributed by atoms with Crippen LogP contribution in [0.2, 0.25) is 0 Å². The number of thiocarbonyl (C=S) groups is 1. The van der Waals surface area contributed by atoms with E-state index in [1.165, 1.54) is 24.3 Å². The van der Waals surface area contributed by atoms with Crippen LogP contribution in [0.3, 0.4) is 0 Å². The van der Waals surface area contributed by atoms with Crippen molar-refractivity contribution < 1.29 is 52.0 Å². The van der Waals surface area contributed by atoms with E-state index in [2.05, 4.69) is 0 Å². The maximum absolute atomic E-state index is 14.2. The Bertz CT molecular complexity index is 1190. The van der Waals surface area contributed by atoms with Crippen LogP contribution in [0, 0.1) is 5.82 Å². The fourth-order valence-corrected chi connectivity index (χ4v) is 5.15. The first-order valence-corrected chi connectivity index (χ1v) is 12.4. The van der Waals surface area contributed by atoms with Gasteiger partial charge in [0.1, 0.15) is 18.5 Å². The number of rotatable bonds is 7. The fourth-order valence-electron chi connectivity index (χ4n) is 3.85. The van der Waals surface area contributed by atoms with Gasteiger partial charge in [-0.1, -0.05) is 42.2 Å². The number of amides is 1. The normalized spacial score (nSPS) is 26.2. The molecule has 0 saturated carbocycles. The van der Waals surface area contributed by atoms with Crippen LogP contribution in [-0.2, 0) is 47.7 Å². The van der Waals surface area contributed by atoms with Gasteiger partial charge in [-0.05, 0) is 12.1 Å². The highest BCUT2D eigenvalue weighted by Crippen LogP contribution is 2.39. The van der Waals surface area contributed by atoms with Gasteiger partial charge < -0.3 is 23.7 Å². The van der Waals surface area contributed by atoms with Crippen LogP contribution in [-0.4, -0.2) is 76.3 Å². The lowest BCUT2D eigenvalue weighted by Crippen LogP contribution is -2.66. The maximum Gasteiger partial charge on any atom is 0.303 e.